The predicted octanol–water partition coefficient (Wildman–Crippen LogP) is 4.81. The lowest BCUT2D eigenvalue weighted by atomic mass is 9.88. The van der Waals surface area contributed by atoms with Gasteiger partial charge in [-0.2, -0.15) is 0 Å². The van der Waals surface area contributed by atoms with Gasteiger partial charge in [0.2, 0.25) is 15.9 Å². The summed E-state index contributed by atoms with van der Waals surface area (Å²) < 4.78 is 27.2. The fourth-order valence-corrected chi connectivity index (χ4v) is 6.84. The number of sulfonamides is 1. The minimum Gasteiger partial charge on any atom is -0.349 e. The molecule has 1 atom stereocenters. The maximum atomic E-state index is 13.0. The van der Waals surface area contributed by atoms with Crippen molar-refractivity contribution in [2.24, 2.45) is 5.92 Å². The van der Waals surface area contributed by atoms with Crippen molar-refractivity contribution in [3.05, 3.63) is 70.8 Å². The number of nitrogens with zero attached hydrogens (tertiary/aromatic N) is 1. The summed E-state index contributed by atoms with van der Waals surface area (Å²) in [7, 11) is -3.28. The van der Waals surface area contributed by atoms with Crippen LogP contribution in [0.25, 0.3) is 0 Å². The molecule has 1 aliphatic heterocycles. The van der Waals surface area contributed by atoms with Gasteiger partial charge in [0.15, 0.2) is 0 Å². The lowest BCUT2D eigenvalue weighted by Crippen LogP contribution is -2.44. The highest BCUT2D eigenvalue weighted by Crippen LogP contribution is 2.27. The van der Waals surface area contributed by atoms with Gasteiger partial charge in [-0.05, 0) is 80.0 Å². The van der Waals surface area contributed by atoms with E-state index < -0.39 is 10.0 Å². The Morgan fingerprint density at radius 1 is 1.03 bits per heavy atom. The normalized spacial score (nSPS) is 18.3. The van der Waals surface area contributed by atoms with E-state index in [0.29, 0.717) is 32.4 Å². The molecule has 0 unspecified atom stereocenters. The van der Waals surface area contributed by atoms with Crippen molar-refractivity contribution in [2.75, 3.05) is 18.8 Å². The number of hydrogen-bond acceptors (Lipinski definition) is 3. The Hall–Kier alpha value is -2.18. The minimum absolute atomic E-state index is 0.0134. The molecule has 1 amide bonds. The molecule has 4 rings (SSSR count). The van der Waals surface area contributed by atoms with E-state index in [4.69, 9.17) is 0 Å². The number of piperidine rings is 1. The zero-order valence-corrected chi connectivity index (χ0v) is 21.2. The first-order valence-corrected chi connectivity index (χ1v) is 14.5. The van der Waals surface area contributed by atoms with E-state index in [9.17, 15) is 13.2 Å². The number of carbonyl (C=O) groups excluding carboxylic acids is 1. The smallest absolute Gasteiger partial charge is 0.223 e. The molecule has 0 radical (unpaired) electrons. The van der Waals surface area contributed by atoms with E-state index in [2.05, 4.69) is 30.4 Å². The first-order chi connectivity index (χ1) is 16.5. The van der Waals surface area contributed by atoms with Crippen molar-refractivity contribution in [1.29, 1.82) is 0 Å². The third-order valence-electron chi connectivity index (χ3n) is 7.43. The molecule has 6 heteroatoms. The molecule has 5 nitrogen and oxygen atoms in total. The van der Waals surface area contributed by atoms with Crippen LogP contribution in [-0.4, -0.2) is 37.5 Å². The van der Waals surface area contributed by atoms with Crippen LogP contribution in [0.3, 0.4) is 0 Å². The van der Waals surface area contributed by atoms with Gasteiger partial charge < -0.3 is 5.32 Å². The van der Waals surface area contributed by atoms with E-state index in [1.807, 2.05) is 30.3 Å². The van der Waals surface area contributed by atoms with E-state index >= 15 is 0 Å². The molecule has 2 aromatic carbocycles. The summed E-state index contributed by atoms with van der Waals surface area (Å²) in [5.41, 5.74) is 5.24. The largest absolute Gasteiger partial charge is 0.349 e. The topological polar surface area (TPSA) is 66.5 Å². The van der Waals surface area contributed by atoms with Crippen molar-refractivity contribution in [2.45, 2.75) is 70.8 Å². The summed E-state index contributed by atoms with van der Waals surface area (Å²) in [6, 6.07) is 16.7. The monoisotopic (exact) mass is 482 g/mol. The van der Waals surface area contributed by atoms with Gasteiger partial charge in [-0.3, -0.25) is 4.79 Å². The highest BCUT2D eigenvalue weighted by molar-refractivity contribution is 7.89. The molecule has 1 N–H and O–H groups in total. The molecule has 0 spiro atoms. The van der Waals surface area contributed by atoms with Crippen molar-refractivity contribution in [3.63, 3.8) is 0 Å². The number of amides is 1. The summed E-state index contributed by atoms with van der Waals surface area (Å²) in [4.78, 5) is 13.0. The highest BCUT2D eigenvalue weighted by atomic mass is 32.2. The molecule has 1 saturated heterocycles. The fraction of sp³-hybridized carbons (Fsp3) is 0.536. The van der Waals surface area contributed by atoms with Gasteiger partial charge in [0.1, 0.15) is 0 Å². The van der Waals surface area contributed by atoms with Crippen molar-refractivity contribution < 1.29 is 13.2 Å². The van der Waals surface area contributed by atoms with Crippen molar-refractivity contribution in [1.82, 2.24) is 9.62 Å². The van der Waals surface area contributed by atoms with Gasteiger partial charge in [-0.1, -0.05) is 55.5 Å². The van der Waals surface area contributed by atoms with Gasteiger partial charge >= 0.3 is 0 Å². The average Bonchev–Trinajstić information content (AvgIpc) is 2.87. The Labute approximate surface area is 205 Å². The Morgan fingerprint density at radius 3 is 2.44 bits per heavy atom. The quantitative estimate of drug-likeness (QED) is 0.558. The molecule has 1 fully saturated rings. The average molecular weight is 483 g/mol. The van der Waals surface area contributed by atoms with Gasteiger partial charge in [-0.25, -0.2) is 12.7 Å². The van der Waals surface area contributed by atoms with Crippen LogP contribution in [0.15, 0.2) is 48.5 Å². The van der Waals surface area contributed by atoms with Crippen LogP contribution in [0.5, 0.6) is 0 Å². The Kier molecular flexibility index (Phi) is 8.43. The molecule has 2 aliphatic rings. The lowest BCUT2D eigenvalue weighted by Gasteiger charge is -2.31. The van der Waals surface area contributed by atoms with Gasteiger partial charge in [0.25, 0.3) is 0 Å². The first kappa shape index (κ1) is 24.9. The van der Waals surface area contributed by atoms with Gasteiger partial charge in [0, 0.05) is 19.0 Å². The molecule has 2 aromatic rings. The lowest BCUT2D eigenvalue weighted by molar-refractivity contribution is -0.126. The summed E-state index contributed by atoms with van der Waals surface area (Å²) in [6.45, 7) is 2.97. The van der Waals surface area contributed by atoms with Crippen molar-refractivity contribution in [3.8, 4) is 0 Å². The molecule has 1 heterocycles. The fourth-order valence-electron chi connectivity index (χ4n) is 5.31. The van der Waals surface area contributed by atoms with Crippen molar-refractivity contribution >= 4 is 15.9 Å². The zero-order valence-electron chi connectivity index (χ0n) is 20.3. The number of benzene rings is 2. The van der Waals surface area contributed by atoms with Crippen LogP contribution in [0.2, 0.25) is 0 Å². The second-order valence-corrected chi connectivity index (χ2v) is 11.9. The predicted molar refractivity (Wildman–Crippen MR) is 137 cm³/mol. The maximum Gasteiger partial charge on any atom is 0.223 e. The molecule has 184 valence electrons. The number of nitrogens with one attached hydrogen (secondary N) is 1. The number of aryl methyl sites for hydroxylation is 3. The van der Waals surface area contributed by atoms with Crippen LogP contribution in [-0.2, 0) is 34.1 Å². The molecule has 34 heavy (non-hydrogen) atoms. The number of carbonyl (C=O) groups is 1. The molecular weight excluding hydrogens is 444 g/mol. The van der Waals surface area contributed by atoms with E-state index in [0.717, 1.165) is 31.2 Å². The minimum atomic E-state index is -3.28. The molecule has 1 aliphatic carbocycles. The Balaban J connectivity index is 1.27. The van der Waals surface area contributed by atoms with Crippen LogP contribution in [0, 0.1) is 5.92 Å². The first-order valence-electron chi connectivity index (χ1n) is 12.9. The summed E-state index contributed by atoms with van der Waals surface area (Å²) in [5, 5.41) is 3.26. The second-order valence-electron chi connectivity index (χ2n) is 9.78. The number of rotatable bonds is 9. The highest BCUT2D eigenvalue weighted by Gasteiger charge is 2.31. The van der Waals surface area contributed by atoms with Crippen LogP contribution < -0.4 is 5.32 Å². The summed E-state index contributed by atoms with van der Waals surface area (Å²) in [6.07, 6.45) is 8.20. The van der Waals surface area contributed by atoms with Crippen LogP contribution in [0.1, 0.15) is 73.7 Å². The third-order valence-corrected chi connectivity index (χ3v) is 9.38. The summed E-state index contributed by atoms with van der Waals surface area (Å²) >= 11 is 0. The van der Waals surface area contributed by atoms with Crippen LogP contribution in [0.4, 0.5) is 0 Å². The van der Waals surface area contributed by atoms with Gasteiger partial charge in [0.05, 0.1) is 11.8 Å². The third kappa shape index (κ3) is 6.28. The van der Waals surface area contributed by atoms with Gasteiger partial charge in [-0.15, -0.1) is 0 Å². The molecule has 0 bridgehead atoms. The number of fused-ring (bicyclic) bond motifs is 1. The number of hydrogen-bond donors (Lipinski definition) is 1. The van der Waals surface area contributed by atoms with E-state index in [1.165, 1.54) is 29.5 Å². The molecule has 0 aromatic heterocycles. The Morgan fingerprint density at radius 2 is 1.74 bits per heavy atom. The SMILES string of the molecule is CC[C@@H](NC(=O)C1CCN(S(=O)(=O)CCCc2ccccc2)CC1)c1ccc2c(c1)CCCC2. The van der Waals surface area contributed by atoms with Crippen LogP contribution >= 0.6 is 0 Å². The van der Waals surface area contributed by atoms with E-state index in [1.54, 1.807) is 4.31 Å². The second kappa shape index (κ2) is 11.5. The standard InChI is InChI=1S/C28H38N2O3S/c1-2-27(26-15-14-23-12-6-7-13-25(23)21-26)29-28(31)24-16-18-30(19-17-24)34(32,33)20-8-11-22-9-4-3-5-10-22/h3-5,9-10,14-15,21,24,27H,2,6-8,11-13,16-20H2,1H3,(H,29,31)/t27-/m1/s1. The maximum absolute atomic E-state index is 13.0. The molecular formula is C28H38N2O3S. The van der Waals surface area contributed by atoms with E-state index in [-0.39, 0.29) is 23.6 Å². The Bertz CT molecular complexity index is 1060. The summed E-state index contributed by atoms with van der Waals surface area (Å²) in [5.74, 6) is 0.0998. The zero-order chi connectivity index (χ0) is 24.0. The molecule has 0 saturated carbocycles.